The molecule has 0 radical (unpaired) electrons. The van der Waals surface area contributed by atoms with Crippen LogP contribution in [0, 0.1) is 12.8 Å². The quantitative estimate of drug-likeness (QED) is 0.674. The van der Waals surface area contributed by atoms with E-state index in [0.29, 0.717) is 37.1 Å². The number of likely N-dealkylation sites (tertiary alicyclic amines) is 1. The normalized spacial score (nSPS) is 16.6. The molecule has 1 saturated heterocycles. The molecule has 1 unspecified atom stereocenters. The fraction of sp³-hybridized carbons (Fsp3) is 0.556. The smallest absolute Gasteiger partial charge is 0.455 e. The number of hydrogen-bond donors (Lipinski definition) is 3. The van der Waals surface area contributed by atoms with Gasteiger partial charge in [0.1, 0.15) is 11.5 Å². The molecule has 6 nitrogen and oxygen atoms in total. The third-order valence-corrected chi connectivity index (χ3v) is 5.08. The van der Waals surface area contributed by atoms with E-state index in [1.54, 1.807) is 30.0 Å². The Balaban J connectivity index is 1.98. The Morgan fingerprint density at radius 2 is 1.92 bits per heavy atom. The van der Waals surface area contributed by atoms with Crippen LogP contribution in [0.25, 0.3) is 0 Å². The van der Waals surface area contributed by atoms with Crippen molar-refractivity contribution in [2.24, 2.45) is 5.92 Å². The minimum atomic E-state index is -1.62. The Morgan fingerprint density at radius 1 is 1.28 bits per heavy atom. The molecule has 7 heteroatoms. The number of nitrogens with zero attached hydrogens (tertiary/aromatic N) is 1. The van der Waals surface area contributed by atoms with Gasteiger partial charge < -0.3 is 20.1 Å². The second-order valence-corrected chi connectivity index (χ2v) is 6.91. The highest BCUT2D eigenvalue weighted by atomic mass is 16.4. The molecule has 3 N–H and O–H groups in total. The largest absolute Gasteiger partial charge is 0.507 e. The number of carbonyl (C=O) groups excluding carboxylic acids is 2. The molecule has 0 spiro atoms. The number of carbonyl (C=O) groups is 2. The molecular weight excluding hydrogens is 321 g/mol. The number of aryl methyl sites for hydroxylation is 1. The Hall–Kier alpha value is -1.86. The summed E-state index contributed by atoms with van der Waals surface area (Å²) in [7, 11) is -1.62. The average molecular weight is 347 g/mol. The number of amides is 1. The van der Waals surface area contributed by atoms with E-state index in [4.69, 9.17) is 0 Å². The van der Waals surface area contributed by atoms with Gasteiger partial charge in [0.15, 0.2) is 0 Å². The number of phenolic OH excluding ortho intramolecular Hbond substituents is 1. The van der Waals surface area contributed by atoms with Gasteiger partial charge in [0.05, 0.1) is 0 Å². The van der Waals surface area contributed by atoms with Crippen LogP contribution >= 0.6 is 0 Å². The molecule has 1 atom stereocenters. The molecule has 136 valence electrons. The minimum Gasteiger partial charge on any atom is -0.507 e. The molecule has 0 bridgehead atoms. The maximum atomic E-state index is 12.5. The van der Waals surface area contributed by atoms with Crippen molar-refractivity contribution in [1.82, 2.24) is 4.90 Å². The number of benzene rings is 1. The van der Waals surface area contributed by atoms with Crippen LogP contribution in [0.2, 0.25) is 5.82 Å². The Bertz CT molecular complexity index is 626. The molecular formula is C18H26BNO5. The lowest BCUT2D eigenvalue weighted by atomic mass is 9.66. The summed E-state index contributed by atoms with van der Waals surface area (Å²) in [6.45, 7) is 4.43. The van der Waals surface area contributed by atoms with Gasteiger partial charge >= 0.3 is 7.12 Å². The summed E-state index contributed by atoms with van der Waals surface area (Å²) in [5.74, 6) is -0.665. The highest BCUT2D eigenvalue weighted by Crippen LogP contribution is 2.30. The SMILES string of the molecule is CC(=O)N1CCC(C(=O)CC(Cc2cccc(C)c2O)B(O)O)CC1. The van der Waals surface area contributed by atoms with Crippen LogP contribution in [-0.4, -0.2) is 52.0 Å². The van der Waals surface area contributed by atoms with Crippen molar-refractivity contribution in [1.29, 1.82) is 0 Å². The number of hydrogen-bond acceptors (Lipinski definition) is 5. The minimum absolute atomic E-state index is 0.00607. The first-order chi connectivity index (χ1) is 11.8. The van der Waals surface area contributed by atoms with Crippen molar-refractivity contribution < 1.29 is 24.7 Å². The van der Waals surface area contributed by atoms with Gasteiger partial charge in [-0.05, 0) is 37.3 Å². The molecule has 0 saturated carbocycles. The van der Waals surface area contributed by atoms with Gasteiger partial charge in [-0.15, -0.1) is 0 Å². The summed E-state index contributed by atoms with van der Waals surface area (Å²) in [5.41, 5.74) is 1.32. The zero-order valence-corrected chi connectivity index (χ0v) is 14.8. The van der Waals surface area contributed by atoms with Crippen molar-refractivity contribution in [2.75, 3.05) is 13.1 Å². The Kier molecular flexibility index (Phi) is 6.61. The summed E-state index contributed by atoms with van der Waals surface area (Å²) in [4.78, 5) is 25.6. The number of phenols is 1. The van der Waals surface area contributed by atoms with E-state index in [1.807, 2.05) is 0 Å². The van der Waals surface area contributed by atoms with Crippen molar-refractivity contribution in [2.45, 2.75) is 45.3 Å². The van der Waals surface area contributed by atoms with E-state index < -0.39 is 12.9 Å². The van der Waals surface area contributed by atoms with Crippen molar-refractivity contribution in [3.05, 3.63) is 29.3 Å². The fourth-order valence-corrected chi connectivity index (χ4v) is 3.39. The van der Waals surface area contributed by atoms with Gasteiger partial charge in [-0.2, -0.15) is 0 Å². The van der Waals surface area contributed by atoms with Gasteiger partial charge in [0.25, 0.3) is 0 Å². The number of rotatable bonds is 6. The summed E-state index contributed by atoms with van der Waals surface area (Å²) in [6, 6.07) is 5.30. The third kappa shape index (κ3) is 5.06. The van der Waals surface area contributed by atoms with Crippen LogP contribution in [-0.2, 0) is 16.0 Å². The number of piperidine rings is 1. The zero-order valence-electron chi connectivity index (χ0n) is 14.8. The van der Waals surface area contributed by atoms with E-state index >= 15 is 0 Å². The van der Waals surface area contributed by atoms with Gasteiger partial charge in [-0.1, -0.05) is 18.2 Å². The van der Waals surface area contributed by atoms with Crippen LogP contribution < -0.4 is 0 Å². The standard InChI is InChI=1S/C18H26BNO5/c1-12-4-3-5-15(18(12)23)10-16(19(24)25)11-17(22)14-6-8-20(9-7-14)13(2)21/h3-5,14,16,23-25H,6-11H2,1-2H3. The van der Waals surface area contributed by atoms with Gasteiger partial charge in [-0.3, -0.25) is 9.59 Å². The van der Waals surface area contributed by atoms with Crippen molar-refractivity contribution >= 4 is 18.8 Å². The first-order valence-electron chi connectivity index (χ1n) is 8.71. The molecule has 1 fully saturated rings. The second-order valence-electron chi connectivity index (χ2n) is 6.91. The Labute approximate surface area is 148 Å². The van der Waals surface area contributed by atoms with Crippen LogP contribution in [0.1, 0.15) is 37.3 Å². The van der Waals surface area contributed by atoms with E-state index in [-0.39, 0.29) is 36.2 Å². The first kappa shape index (κ1) is 19.5. The van der Waals surface area contributed by atoms with Gasteiger partial charge in [0.2, 0.25) is 5.91 Å². The van der Waals surface area contributed by atoms with E-state index in [1.165, 1.54) is 6.92 Å². The highest BCUT2D eigenvalue weighted by molar-refractivity contribution is 6.43. The van der Waals surface area contributed by atoms with E-state index in [2.05, 4.69) is 0 Å². The topological polar surface area (TPSA) is 98.1 Å². The monoisotopic (exact) mass is 347 g/mol. The number of Topliss-reactive ketones (excluding diaryl/α,β-unsaturated/α-hetero) is 1. The third-order valence-electron chi connectivity index (χ3n) is 5.08. The zero-order chi connectivity index (χ0) is 18.6. The van der Waals surface area contributed by atoms with E-state index in [0.717, 1.165) is 0 Å². The van der Waals surface area contributed by atoms with Crippen LogP contribution in [0.5, 0.6) is 5.75 Å². The molecule has 0 aliphatic carbocycles. The lowest BCUT2D eigenvalue weighted by molar-refractivity contribution is -0.133. The number of para-hydroxylation sites is 1. The highest BCUT2D eigenvalue weighted by Gasteiger charge is 2.32. The average Bonchev–Trinajstić information content (AvgIpc) is 2.58. The maximum absolute atomic E-state index is 12.5. The fourth-order valence-electron chi connectivity index (χ4n) is 3.39. The molecule has 1 heterocycles. The maximum Gasteiger partial charge on any atom is 0.455 e. The number of aromatic hydroxyl groups is 1. The summed E-state index contributed by atoms with van der Waals surface area (Å²) < 4.78 is 0. The molecule has 1 aromatic carbocycles. The molecule has 0 aromatic heterocycles. The van der Waals surface area contributed by atoms with Gasteiger partial charge in [-0.25, -0.2) is 0 Å². The van der Waals surface area contributed by atoms with Crippen molar-refractivity contribution in [3.8, 4) is 5.75 Å². The van der Waals surface area contributed by atoms with Crippen LogP contribution in [0.15, 0.2) is 18.2 Å². The first-order valence-corrected chi connectivity index (χ1v) is 8.71. The molecule has 1 aliphatic rings. The van der Waals surface area contributed by atoms with Crippen molar-refractivity contribution in [3.63, 3.8) is 0 Å². The molecule has 1 aliphatic heterocycles. The summed E-state index contributed by atoms with van der Waals surface area (Å²) >= 11 is 0. The molecule has 1 aromatic rings. The van der Waals surface area contributed by atoms with Crippen LogP contribution in [0.4, 0.5) is 0 Å². The summed E-state index contributed by atoms with van der Waals surface area (Å²) in [5, 5.41) is 29.4. The predicted octanol–water partition coefficient (Wildman–Crippen LogP) is 1.30. The number of ketones is 1. The lowest BCUT2D eigenvalue weighted by Crippen LogP contribution is -2.39. The molecule has 25 heavy (non-hydrogen) atoms. The van der Waals surface area contributed by atoms with Gasteiger partial charge in [0, 0.05) is 38.2 Å². The van der Waals surface area contributed by atoms with Crippen LogP contribution in [0.3, 0.4) is 0 Å². The summed E-state index contributed by atoms with van der Waals surface area (Å²) in [6.07, 6.45) is 1.50. The molecule has 1 amide bonds. The predicted molar refractivity (Wildman–Crippen MR) is 95.1 cm³/mol. The lowest BCUT2D eigenvalue weighted by Gasteiger charge is -2.31. The second kappa shape index (κ2) is 8.49. The van der Waals surface area contributed by atoms with E-state index in [9.17, 15) is 24.7 Å². The molecule has 2 rings (SSSR count). The Morgan fingerprint density at radius 3 is 2.48 bits per heavy atom.